The molecule has 0 aliphatic heterocycles. The molecule has 1 aromatic heterocycles. The maximum atomic E-state index is 11.7. The van der Waals surface area contributed by atoms with Crippen molar-refractivity contribution in [2.75, 3.05) is 7.05 Å². The highest BCUT2D eigenvalue weighted by molar-refractivity contribution is 7.89. The fourth-order valence-corrected chi connectivity index (χ4v) is 2.09. The van der Waals surface area contributed by atoms with Crippen LogP contribution in [0.15, 0.2) is 17.3 Å². The smallest absolute Gasteiger partial charge is 0.259 e. The molecule has 5 nitrogen and oxygen atoms in total. The van der Waals surface area contributed by atoms with Crippen molar-refractivity contribution in [2.24, 2.45) is 0 Å². The lowest BCUT2D eigenvalue weighted by Gasteiger charge is -2.19. The predicted octanol–water partition coefficient (Wildman–Crippen LogP) is 0.439. The summed E-state index contributed by atoms with van der Waals surface area (Å²) in [7, 11) is -1.84. The van der Waals surface area contributed by atoms with Crippen molar-refractivity contribution in [2.45, 2.75) is 24.9 Å². The molecule has 74 valence electrons. The molecular formula is C7H13N3O2S. The van der Waals surface area contributed by atoms with Crippen LogP contribution in [0, 0.1) is 0 Å². The van der Waals surface area contributed by atoms with Gasteiger partial charge in [-0.05, 0) is 19.9 Å². The lowest BCUT2D eigenvalue weighted by atomic mass is 10.4. The van der Waals surface area contributed by atoms with E-state index in [9.17, 15) is 8.42 Å². The summed E-state index contributed by atoms with van der Waals surface area (Å²) in [5.74, 6) is 0. The fraction of sp³-hybridized carbons (Fsp3) is 0.571. The van der Waals surface area contributed by atoms with Crippen LogP contribution in [0.2, 0.25) is 0 Å². The summed E-state index contributed by atoms with van der Waals surface area (Å²) in [4.78, 5) is 0. The van der Waals surface area contributed by atoms with Crippen LogP contribution >= 0.6 is 0 Å². The molecule has 0 spiro atoms. The summed E-state index contributed by atoms with van der Waals surface area (Å²) in [6.07, 6.45) is 1.42. The first-order chi connectivity index (χ1) is 5.96. The Morgan fingerprint density at radius 2 is 2.15 bits per heavy atom. The standard InChI is InChI=1S/C7H13N3O2S/c1-6(2)10(3)13(11,12)7-4-5-8-9-7/h4-6H,1-3H3,(H,8,9). The first kappa shape index (κ1) is 10.2. The van der Waals surface area contributed by atoms with Gasteiger partial charge in [0.25, 0.3) is 10.0 Å². The maximum absolute atomic E-state index is 11.7. The lowest BCUT2D eigenvalue weighted by molar-refractivity contribution is 0.408. The Morgan fingerprint density at radius 1 is 1.54 bits per heavy atom. The highest BCUT2D eigenvalue weighted by atomic mass is 32.2. The van der Waals surface area contributed by atoms with Gasteiger partial charge < -0.3 is 0 Å². The zero-order chi connectivity index (χ0) is 10.1. The minimum atomic E-state index is -3.38. The van der Waals surface area contributed by atoms with E-state index >= 15 is 0 Å². The zero-order valence-corrected chi connectivity index (χ0v) is 8.67. The number of aromatic nitrogens is 2. The van der Waals surface area contributed by atoms with Crippen LogP contribution in [0.3, 0.4) is 0 Å². The van der Waals surface area contributed by atoms with E-state index in [1.807, 2.05) is 13.8 Å². The van der Waals surface area contributed by atoms with Crippen LogP contribution in [-0.4, -0.2) is 36.0 Å². The number of H-pyrrole nitrogens is 1. The Bertz CT molecular complexity index is 355. The van der Waals surface area contributed by atoms with E-state index in [1.165, 1.54) is 16.6 Å². The minimum absolute atomic E-state index is 0.0618. The number of nitrogens with one attached hydrogen (secondary N) is 1. The molecule has 0 atom stereocenters. The molecule has 0 unspecified atom stereocenters. The first-order valence-corrected chi connectivity index (χ1v) is 5.37. The third-order valence-electron chi connectivity index (χ3n) is 1.86. The van der Waals surface area contributed by atoms with Gasteiger partial charge in [-0.2, -0.15) is 9.40 Å². The highest BCUT2D eigenvalue weighted by Gasteiger charge is 2.23. The van der Waals surface area contributed by atoms with Crippen LogP contribution in [0.5, 0.6) is 0 Å². The van der Waals surface area contributed by atoms with Crippen LogP contribution < -0.4 is 0 Å². The number of hydrogen-bond acceptors (Lipinski definition) is 3. The molecule has 1 N–H and O–H groups in total. The molecule has 0 bridgehead atoms. The number of nitrogens with zero attached hydrogens (tertiary/aromatic N) is 2. The molecule has 0 fully saturated rings. The molecule has 0 saturated carbocycles. The second kappa shape index (κ2) is 3.47. The maximum Gasteiger partial charge on any atom is 0.259 e. The largest absolute Gasteiger partial charge is 0.266 e. The average Bonchev–Trinajstić information content (AvgIpc) is 2.54. The first-order valence-electron chi connectivity index (χ1n) is 3.93. The third-order valence-corrected chi connectivity index (χ3v) is 3.82. The molecule has 0 aromatic carbocycles. The number of rotatable bonds is 3. The van der Waals surface area contributed by atoms with Crippen molar-refractivity contribution in [3.8, 4) is 0 Å². The van der Waals surface area contributed by atoms with Crippen LogP contribution in [0.1, 0.15) is 13.8 Å². The topological polar surface area (TPSA) is 66.1 Å². The fourth-order valence-electron chi connectivity index (χ4n) is 0.819. The van der Waals surface area contributed by atoms with Gasteiger partial charge in [0.2, 0.25) is 0 Å². The number of hydrogen-bond donors (Lipinski definition) is 1. The summed E-state index contributed by atoms with van der Waals surface area (Å²) in [5, 5.41) is 6.16. The average molecular weight is 203 g/mol. The van der Waals surface area contributed by atoms with E-state index in [-0.39, 0.29) is 11.1 Å². The second-order valence-electron chi connectivity index (χ2n) is 3.04. The quantitative estimate of drug-likeness (QED) is 0.775. The monoisotopic (exact) mass is 203 g/mol. The van der Waals surface area contributed by atoms with Gasteiger partial charge in [-0.3, -0.25) is 5.10 Å². The van der Waals surface area contributed by atoms with E-state index in [1.54, 1.807) is 7.05 Å². The summed E-state index contributed by atoms with van der Waals surface area (Å²) < 4.78 is 24.7. The molecule has 13 heavy (non-hydrogen) atoms. The van der Waals surface area contributed by atoms with Gasteiger partial charge in [-0.15, -0.1) is 0 Å². The van der Waals surface area contributed by atoms with Gasteiger partial charge in [0, 0.05) is 13.1 Å². The molecule has 0 aliphatic carbocycles. The summed E-state index contributed by atoms with van der Waals surface area (Å²) in [6.45, 7) is 3.63. The van der Waals surface area contributed by atoms with E-state index < -0.39 is 10.0 Å². The zero-order valence-electron chi connectivity index (χ0n) is 7.85. The summed E-state index contributed by atoms with van der Waals surface area (Å²) in [6, 6.07) is 1.38. The van der Waals surface area contributed by atoms with Crippen LogP contribution in [0.4, 0.5) is 0 Å². The normalized spacial score (nSPS) is 12.7. The Labute approximate surface area is 77.8 Å². The van der Waals surface area contributed by atoms with Gasteiger partial charge in [-0.25, -0.2) is 8.42 Å². The second-order valence-corrected chi connectivity index (χ2v) is 5.00. The molecule has 0 saturated heterocycles. The molecular weight excluding hydrogens is 190 g/mol. The lowest BCUT2D eigenvalue weighted by Crippen LogP contribution is -2.33. The van der Waals surface area contributed by atoms with Gasteiger partial charge in [-0.1, -0.05) is 0 Å². The van der Waals surface area contributed by atoms with E-state index in [4.69, 9.17) is 0 Å². The van der Waals surface area contributed by atoms with Crippen molar-refractivity contribution in [3.05, 3.63) is 12.3 Å². The number of aromatic amines is 1. The molecule has 1 rings (SSSR count). The summed E-state index contributed by atoms with van der Waals surface area (Å²) in [5.41, 5.74) is 0. The van der Waals surface area contributed by atoms with E-state index in [2.05, 4.69) is 10.2 Å². The van der Waals surface area contributed by atoms with Gasteiger partial charge in [0.1, 0.15) is 0 Å². The van der Waals surface area contributed by atoms with Crippen LogP contribution in [0.25, 0.3) is 0 Å². The van der Waals surface area contributed by atoms with Gasteiger partial charge >= 0.3 is 0 Å². The predicted molar refractivity (Wildman–Crippen MR) is 48.7 cm³/mol. The molecule has 1 heterocycles. The molecule has 6 heteroatoms. The van der Waals surface area contributed by atoms with Gasteiger partial charge in [0.05, 0.1) is 6.20 Å². The highest BCUT2D eigenvalue weighted by Crippen LogP contribution is 2.12. The Morgan fingerprint density at radius 3 is 2.54 bits per heavy atom. The Kier molecular flexibility index (Phi) is 2.72. The Balaban J connectivity index is 3.04. The molecule has 0 radical (unpaired) electrons. The van der Waals surface area contributed by atoms with Crippen molar-refractivity contribution in [3.63, 3.8) is 0 Å². The third kappa shape index (κ3) is 1.89. The van der Waals surface area contributed by atoms with Crippen LogP contribution in [-0.2, 0) is 10.0 Å². The SMILES string of the molecule is CC(C)N(C)S(=O)(=O)c1ccn[nH]1. The van der Waals surface area contributed by atoms with E-state index in [0.29, 0.717) is 0 Å². The molecule has 1 aromatic rings. The van der Waals surface area contributed by atoms with Gasteiger partial charge in [0.15, 0.2) is 5.03 Å². The van der Waals surface area contributed by atoms with Crippen molar-refractivity contribution < 1.29 is 8.42 Å². The summed E-state index contributed by atoms with van der Waals surface area (Å²) >= 11 is 0. The number of sulfonamides is 1. The van der Waals surface area contributed by atoms with Crippen molar-refractivity contribution in [1.29, 1.82) is 0 Å². The Hall–Kier alpha value is -0.880. The molecule has 0 amide bonds. The van der Waals surface area contributed by atoms with E-state index in [0.717, 1.165) is 0 Å². The molecule has 0 aliphatic rings. The van der Waals surface area contributed by atoms with Crippen molar-refractivity contribution >= 4 is 10.0 Å². The minimum Gasteiger partial charge on any atom is -0.266 e. The van der Waals surface area contributed by atoms with Crippen molar-refractivity contribution in [1.82, 2.24) is 14.5 Å².